The molecule has 2 atom stereocenters. The summed E-state index contributed by atoms with van der Waals surface area (Å²) in [5.41, 5.74) is -0.766. The standard InChI is InChI=1S/C19H33N3O7/c1-7-22(8-2)12-27-16(24)15(10-9-14(23)11-20)21-18(26)29-13(3)28-17(25)19(4,5)6/h11,13,15,20H,7-10,12H2,1-6H3,(H,21,26). The molecule has 0 saturated carbocycles. The Labute approximate surface area is 171 Å². The van der Waals surface area contributed by atoms with Crippen molar-refractivity contribution < 1.29 is 33.4 Å². The highest BCUT2D eigenvalue weighted by molar-refractivity contribution is 6.26. The third kappa shape index (κ3) is 11.2. The van der Waals surface area contributed by atoms with Gasteiger partial charge in [-0.1, -0.05) is 13.8 Å². The number of Topliss-reactive ketones (excluding diaryl/α,β-unsaturated/α-hetero) is 1. The lowest BCUT2D eigenvalue weighted by Crippen LogP contribution is -2.45. The fourth-order valence-corrected chi connectivity index (χ4v) is 1.95. The number of nitrogens with one attached hydrogen (secondary N) is 2. The molecule has 0 aliphatic carbocycles. The first-order chi connectivity index (χ1) is 13.4. The minimum Gasteiger partial charge on any atom is -0.448 e. The van der Waals surface area contributed by atoms with Crippen molar-refractivity contribution in [2.24, 2.45) is 5.41 Å². The molecule has 0 aromatic heterocycles. The van der Waals surface area contributed by atoms with Crippen LogP contribution >= 0.6 is 0 Å². The van der Waals surface area contributed by atoms with Crippen molar-refractivity contribution >= 4 is 30.0 Å². The number of ether oxygens (including phenoxy) is 3. The lowest BCUT2D eigenvalue weighted by atomic mass is 9.97. The summed E-state index contributed by atoms with van der Waals surface area (Å²) in [5.74, 6) is -1.77. The summed E-state index contributed by atoms with van der Waals surface area (Å²) >= 11 is 0. The maximum Gasteiger partial charge on any atom is 0.410 e. The molecule has 0 aliphatic heterocycles. The number of alkyl carbamates (subject to hydrolysis) is 1. The lowest BCUT2D eigenvalue weighted by Gasteiger charge is -2.23. The maximum atomic E-state index is 12.3. The Morgan fingerprint density at radius 2 is 1.69 bits per heavy atom. The topological polar surface area (TPSA) is 135 Å². The number of amides is 1. The summed E-state index contributed by atoms with van der Waals surface area (Å²) in [5, 5.41) is 9.27. The average Bonchev–Trinajstić information content (AvgIpc) is 2.64. The average molecular weight is 415 g/mol. The van der Waals surface area contributed by atoms with Crippen LogP contribution in [0.2, 0.25) is 0 Å². The van der Waals surface area contributed by atoms with Crippen LogP contribution in [0, 0.1) is 10.8 Å². The number of ketones is 1. The van der Waals surface area contributed by atoms with Gasteiger partial charge in [0, 0.05) is 13.3 Å². The van der Waals surface area contributed by atoms with Gasteiger partial charge in [0.15, 0.2) is 5.78 Å². The van der Waals surface area contributed by atoms with Crippen molar-refractivity contribution in [1.29, 1.82) is 5.41 Å². The largest absolute Gasteiger partial charge is 0.448 e. The molecule has 166 valence electrons. The van der Waals surface area contributed by atoms with Crippen LogP contribution < -0.4 is 5.32 Å². The smallest absolute Gasteiger partial charge is 0.410 e. The van der Waals surface area contributed by atoms with Crippen LogP contribution in [0.1, 0.15) is 54.4 Å². The van der Waals surface area contributed by atoms with Gasteiger partial charge in [-0.25, -0.2) is 9.59 Å². The number of carbonyl (C=O) groups is 4. The summed E-state index contributed by atoms with van der Waals surface area (Å²) in [6.45, 7) is 11.5. The molecule has 2 N–H and O–H groups in total. The SMILES string of the molecule is CCN(CC)COC(=O)C(CCC(=O)C=N)NC(=O)OC(C)OC(=O)C(C)(C)C. The van der Waals surface area contributed by atoms with Crippen LogP contribution in [0.5, 0.6) is 0 Å². The van der Waals surface area contributed by atoms with Crippen molar-refractivity contribution in [2.45, 2.75) is 66.7 Å². The minimum absolute atomic E-state index is 0.0389. The maximum absolute atomic E-state index is 12.3. The Balaban J connectivity index is 4.88. The number of esters is 2. The fraction of sp³-hybridized carbons (Fsp3) is 0.737. The Kier molecular flexibility index (Phi) is 11.8. The van der Waals surface area contributed by atoms with Gasteiger partial charge < -0.3 is 24.9 Å². The normalized spacial score (nSPS) is 13.2. The zero-order chi connectivity index (χ0) is 22.6. The Hall–Kier alpha value is -2.49. The van der Waals surface area contributed by atoms with E-state index >= 15 is 0 Å². The van der Waals surface area contributed by atoms with Crippen molar-refractivity contribution in [3.8, 4) is 0 Å². The van der Waals surface area contributed by atoms with Gasteiger partial charge in [0.05, 0.1) is 11.6 Å². The van der Waals surface area contributed by atoms with Gasteiger partial charge in [-0.3, -0.25) is 14.5 Å². The predicted molar refractivity (Wildman–Crippen MR) is 105 cm³/mol. The molecule has 0 fully saturated rings. The number of nitrogens with zero attached hydrogens (tertiary/aromatic N) is 1. The number of carbonyl (C=O) groups excluding carboxylic acids is 4. The molecule has 1 amide bonds. The quantitative estimate of drug-likeness (QED) is 0.280. The second-order valence-corrected chi connectivity index (χ2v) is 7.37. The van der Waals surface area contributed by atoms with E-state index in [-0.39, 0.29) is 19.6 Å². The van der Waals surface area contributed by atoms with E-state index in [0.717, 1.165) is 0 Å². The van der Waals surface area contributed by atoms with Crippen LogP contribution in [0.25, 0.3) is 0 Å². The Bertz CT molecular complexity index is 583. The summed E-state index contributed by atoms with van der Waals surface area (Å²) in [6.07, 6.45) is -1.70. The lowest BCUT2D eigenvalue weighted by molar-refractivity contribution is -0.174. The highest BCUT2D eigenvalue weighted by atomic mass is 16.7. The van der Waals surface area contributed by atoms with Gasteiger partial charge in [0.2, 0.25) is 6.29 Å². The molecule has 10 nitrogen and oxygen atoms in total. The zero-order valence-corrected chi connectivity index (χ0v) is 18.1. The van der Waals surface area contributed by atoms with Crippen LogP contribution in [-0.4, -0.2) is 67.1 Å². The minimum atomic E-state index is -1.17. The van der Waals surface area contributed by atoms with Gasteiger partial charge in [0.1, 0.15) is 12.8 Å². The second-order valence-electron chi connectivity index (χ2n) is 7.37. The van der Waals surface area contributed by atoms with Gasteiger partial charge in [0.25, 0.3) is 0 Å². The van der Waals surface area contributed by atoms with E-state index in [1.165, 1.54) is 6.92 Å². The molecule has 0 aromatic carbocycles. The van der Waals surface area contributed by atoms with E-state index in [2.05, 4.69) is 5.32 Å². The molecule has 0 bridgehead atoms. The number of rotatable bonds is 12. The fourth-order valence-electron chi connectivity index (χ4n) is 1.95. The molecular weight excluding hydrogens is 382 g/mol. The third-order valence-corrected chi connectivity index (χ3v) is 3.86. The molecule has 29 heavy (non-hydrogen) atoms. The first-order valence-electron chi connectivity index (χ1n) is 9.55. The number of hydrogen-bond acceptors (Lipinski definition) is 9. The van der Waals surface area contributed by atoms with Crippen molar-refractivity contribution in [2.75, 3.05) is 19.8 Å². The van der Waals surface area contributed by atoms with Crippen molar-refractivity contribution in [3.05, 3.63) is 0 Å². The molecule has 0 heterocycles. The number of hydrogen-bond donors (Lipinski definition) is 2. The summed E-state index contributed by atoms with van der Waals surface area (Å²) < 4.78 is 15.2. The highest BCUT2D eigenvalue weighted by Crippen LogP contribution is 2.16. The molecule has 0 rings (SSSR count). The molecule has 0 spiro atoms. The first-order valence-corrected chi connectivity index (χ1v) is 9.55. The molecule has 2 unspecified atom stereocenters. The monoisotopic (exact) mass is 415 g/mol. The Morgan fingerprint density at radius 3 is 2.17 bits per heavy atom. The molecule has 10 heteroatoms. The van der Waals surface area contributed by atoms with Crippen molar-refractivity contribution in [3.63, 3.8) is 0 Å². The van der Waals surface area contributed by atoms with E-state index < -0.39 is 41.6 Å². The Morgan fingerprint density at radius 1 is 1.10 bits per heavy atom. The van der Waals surface area contributed by atoms with E-state index in [9.17, 15) is 19.2 Å². The third-order valence-electron chi connectivity index (χ3n) is 3.86. The van der Waals surface area contributed by atoms with Gasteiger partial charge in [-0.2, -0.15) is 0 Å². The van der Waals surface area contributed by atoms with Gasteiger partial charge >= 0.3 is 18.0 Å². The molecular formula is C19H33N3O7. The highest BCUT2D eigenvalue weighted by Gasteiger charge is 2.28. The second kappa shape index (κ2) is 12.9. The van der Waals surface area contributed by atoms with Gasteiger partial charge in [-0.15, -0.1) is 0 Å². The van der Waals surface area contributed by atoms with Gasteiger partial charge in [-0.05, 0) is 40.3 Å². The van der Waals surface area contributed by atoms with Crippen LogP contribution in [0.4, 0.5) is 4.79 Å². The summed E-state index contributed by atoms with van der Waals surface area (Å²) in [7, 11) is 0. The van der Waals surface area contributed by atoms with E-state index in [1.807, 2.05) is 18.7 Å². The zero-order valence-electron chi connectivity index (χ0n) is 18.1. The summed E-state index contributed by atoms with van der Waals surface area (Å²) in [6, 6.07) is -1.15. The van der Waals surface area contributed by atoms with Crippen LogP contribution in [0.15, 0.2) is 0 Å². The van der Waals surface area contributed by atoms with E-state index in [1.54, 1.807) is 20.8 Å². The van der Waals surface area contributed by atoms with Crippen molar-refractivity contribution in [1.82, 2.24) is 10.2 Å². The van der Waals surface area contributed by atoms with Crippen LogP contribution in [-0.2, 0) is 28.6 Å². The summed E-state index contributed by atoms with van der Waals surface area (Å²) in [4.78, 5) is 49.5. The van der Waals surface area contributed by atoms with E-state index in [4.69, 9.17) is 19.6 Å². The molecule has 0 radical (unpaired) electrons. The predicted octanol–water partition coefficient (Wildman–Crippen LogP) is 1.86. The molecule has 0 aromatic rings. The molecule has 0 aliphatic rings. The first kappa shape index (κ1) is 26.5. The molecule has 0 saturated heterocycles. The van der Waals surface area contributed by atoms with E-state index in [0.29, 0.717) is 19.3 Å². The van der Waals surface area contributed by atoms with Crippen LogP contribution in [0.3, 0.4) is 0 Å².